The summed E-state index contributed by atoms with van der Waals surface area (Å²) in [6.45, 7) is 6.06. The van der Waals surface area contributed by atoms with Crippen molar-refractivity contribution in [1.29, 1.82) is 0 Å². The van der Waals surface area contributed by atoms with E-state index in [1.54, 1.807) is 0 Å². The maximum atomic E-state index is 11.7. The van der Waals surface area contributed by atoms with Crippen molar-refractivity contribution in [3.63, 3.8) is 0 Å². The van der Waals surface area contributed by atoms with Crippen molar-refractivity contribution in [3.8, 4) is 0 Å². The van der Waals surface area contributed by atoms with Gasteiger partial charge in [-0.1, -0.05) is 36.8 Å². The van der Waals surface area contributed by atoms with E-state index in [4.69, 9.17) is 5.11 Å². The normalized spacial score (nSPS) is 13.8. The fourth-order valence-corrected chi connectivity index (χ4v) is 2.00. The van der Waals surface area contributed by atoms with Gasteiger partial charge in [0, 0.05) is 19.1 Å². The fraction of sp³-hybridized carbons (Fsp3) is 0.588. The second-order valence-electron chi connectivity index (χ2n) is 5.71. The predicted octanol–water partition coefficient (Wildman–Crippen LogP) is 2.84. The summed E-state index contributed by atoms with van der Waals surface area (Å²) < 4.78 is 0. The molecule has 0 fully saturated rings. The summed E-state index contributed by atoms with van der Waals surface area (Å²) in [4.78, 5) is 11.7. The van der Waals surface area contributed by atoms with Gasteiger partial charge in [-0.05, 0) is 44.6 Å². The molecule has 2 N–H and O–H groups in total. The van der Waals surface area contributed by atoms with Crippen LogP contribution < -0.4 is 5.32 Å². The lowest BCUT2D eigenvalue weighted by atomic mass is 10.0. The van der Waals surface area contributed by atoms with Crippen molar-refractivity contribution in [2.45, 2.75) is 52.5 Å². The summed E-state index contributed by atoms with van der Waals surface area (Å²) in [7, 11) is 0. The van der Waals surface area contributed by atoms with Crippen LogP contribution in [-0.2, 0) is 11.2 Å². The zero-order valence-corrected chi connectivity index (χ0v) is 12.9. The molecule has 0 radical (unpaired) electrons. The first-order valence-corrected chi connectivity index (χ1v) is 7.48. The van der Waals surface area contributed by atoms with Crippen LogP contribution in [0.5, 0.6) is 0 Å². The minimum Gasteiger partial charge on any atom is -0.396 e. The standard InChI is InChI=1S/C17H27NO2/c1-13-8-10-16(11-9-13)6-4-5-7-17(20)18-15(3)14(2)12-19/h8-11,14-15,19H,4-7,12H2,1-3H3,(H,18,20). The minimum absolute atomic E-state index is 0.0320. The van der Waals surface area contributed by atoms with Gasteiger partial charge in [0.05, 0.1) is 0 Å². The Morgan fingerprint density at radius 1 is 1.20 bits per heavy atom. The van der Waals surface area contributed by atoms with Gasteiger partial charge in [0.2, 0.25) is 5.91 Å². The van der Waals surface area contributed by atoms with Crippen molar-refractivity contribution < 1.29 is 9.90 Å². The van der Waals surface area contributed by atoms with Crippen LogP contribution in [-0.4, -0.2) is 23.7 Å². The quantitative estimate of drug-likeness (QED) is 0.718. The smallest absolute Gasteiger partial charge is 0.220 e. The van der Waals surface area contributed by atoms with Crippen LogP contribution in [0.1, 0.15) is 44.2 Å². The predicted molar refractivity (Wildman–Crippen MR) is 82.6 cm³/mol. The highest BCUT2D eigenvalue weighted by Crippen LogP contribution is 2.09. The molecule has 0 heterocycles. The lowest BCUT2D eigenvalue weighted by Gasteiger charge is -2.19. The van der Waals surface area contributed by atoms with E-state index in [1.165, 1.54) is 11.1 Å². The van der Waals surface area contributed by atoms with E-state index in [9.17, 15) is 4.79 Å². The molecule has 0 aliphatic heterocycles. The number of amides is 1. The number of hydrogen-bond donors (Lipinski definition) is 2. The molecule has 0 aliphatic carbocycles. The van der Waals surface area contributed by atoms with Crippen LogP contribution in [0.3, 0.4) is 0 Å². The summed E-state index contributed by atoms with van der Waals surface area (Å²) in [5, 5.41) is 12.0. The topological polar surface area (TPSA) is 49.3 Å². The number of hydrogen-bond acceptors (Lipinski definition) is 2. The molecule has 0 spiro atoms. The van der Waals surface area contributed by atoms with E-state index in [0.29, 0.717) is 6.42 Å². The van der Waals surface area contributed by atoms with Crippen LogP contribution in [0.4, 0.5) is 0 Å². The van der Waals surface area contributed by atoms with Gasteiger partial charge < -0.3 is 10.4 Å². The SMILES string of the molecule is Cc1ccc(CCCCC(=O)NC(C)C(C)CO)cc1. The Labute approximate surface area is 122 Å². The number of carbonyl (C=O) groups is 1. The van der Waals surface area contributed by atoms with Crippen molar-refractivity contribution >= 4 is 5.91 Å². The number of rotatable bonds is 8. The molecule has 2 unspecified atom stereocenters. The molecular weight excluding hydrogens is 250 g/mol. The molecule has 2 atom stereocenters. The highest BCUT2D eigenvalue weighted by atomic mass is 16.3. The van der Waals surface area contributed by atoms with Crippen LogP contribution >= 0.6 is 0 Å². The molecule has 20 heavy (non-hydrogen) atoms. The average Bonchev–Trinajstić information content (AvgIpc) is 2.44. The van der Waals surface area contributed by atoms with Gasteiger partial charge in [0.1, 0.15) is 0 Å². The Hall–Kier alpha value is -1.35. The van der Waals surface area contributed by atoms with Crippen LogP contribution in [0.2, 0.25) is 0 Å². The first kappa shape index (κ1) is 16.7. The van der Waals surface area contributed by atoms with E-state index >= 15 is 0 Å². The van der Waals surface area contributed by atoms with Crippen molar-refractivity contribution in [2.24, 2.45) is 5.92 Å². The Kier molecular flexibility index (Phi) is 7.31. The Morgan fingerprint density at radius 2 is 1.85 bits per heavy atom. The highest BCUT2D eigenvalue weighted by Gasteiger charge is 2.13. The zero-order valence-electron chi connectivity index (χ0n) is 12.9. The van der Waals surface area contributed by atoms with Crippen LogP contribution in [0, 0.1) is 12.8 Å². The van der Waals surface area contributed by atoms with Gasteiger partial charge in [-0.2, -0.15) is 0 Å². The molecule has 1 aromatic rings. The molecule has 3 nitrogen and oxygen atoms in total. The Morgan fingerprint density at radius 3 is 2.45 bits per heavy atom. The number of aryl methyl sites for hydroxylation is 2. The molecule has 3 heteroatoms. The number of benzene rings is 1. The highest BCUT2D eigenvalue weighted by molar-refractivity contribution is 5.76. The monoisotopic (exact) mass is 277 g/mol. The first-order chi connectivity index (χ1) is 9.52. The van der Waals surface area contributed by atoms with E-state index in [-0.39, 0.29) is 24.5 Å². The fourth-order valence-electron chi connectivity index (χ4n) is 2.00. The Bertz CT molecular complexity index is 400. The number of nitrogens with one attached hydrogen (secondary N) is 1. The maximum Gasteiger partial charge on any atom is 0.220 e. The van der Waals surface area contributed by atoms with Gasteiger partial charge >= 0.3 is 0 Å². The molecule has 0 saturated heterocycles. The third kappa shape index (κ3) is 6.20. The molecule has 0 aromatic heterocycles. The third-order valence-electron chi connectivity index (χ3n) is 3.77. The van der Waals surface area contributed by atoms with E-state index in [0.717, 1.165) is 19.3 Å². The van der Waals surface area contributed by atoms with Crippen molar-refractivity contribution in [2.75, 3.05) is 6.61 Å². The maximum absolute atomic E-state index is 11.7. The summed E-state index contributed by atoms with van der Waals surface area (Å²) in [5.74, 6) is 0.188. The molecule has 1 amide bonds. The number of unbranched alkanes of at least 4 members (excludes halogenated alkanes) is 1. The van der Waals surface area contributed by atoms with Crippen molar-refractivity contribution in [3.05, 3.63) is 35.4 Å². The molecule has 0 saturated carbocycles. The summed E-state index contributed by atoms with van der Waals surface area (Å²) in [6.07, 6.45) is 3.52. The summed E-state index contributed by atoms with van der Waals surface area (Å²) in [5.41, 5.74) is 2.61. The van der Waals surface area contributed by atoms with Gasteiger partial charge in [0.15, 0.2) is 0 Å². The van der Waals surface area contributed by atoms with Crippen molar-refractivity contribution in [1.82, 2.24) is 5.32 Å². The van der Waals surface area contributed by atoms with E-state index in [1.807, 2.05) is 13.8 Å². The lowest BCUT2D eigenvalue weighted by molar-refractivity contribution is -0.122. The molecule has 0 aliphatic rings. The van der Waals surface area contributed by atoms with E-state index < -0.39 is 0 Å². The summed E-state index contributed by atoms with van der Waals surface area (Å²) >= 11 is 0. The van der Waals surface area contributed by atoms with Crippen LogP contribution in [0.25, 0.3) is 0 Å². The van der Waals surface area contributed by atoms with Gasteiger partial charge in [-0.3, -0.25) is 4.79 Å². The first-order valence-electron chi connectivity index (χ1n) is 7.48. The van der Waals surface area contributed by atoms with Crippen LogP contribution in [0.15, 0.2) is 24.3 Å². The largest absolute Gasteiger partial charge is 0.396 e. The minimum atomic E-state index is 0.0320. The molecule has 1 aromatic carbocycles. The average molecular weight is 277 g/mol. The number of aliphatic hydroxyl groups is 1. The van der Waals surface area contributed by atoms with Gasteiger partial charge in [0.25, 0.3) is 0 Å². The number of carbonyl (C=O) groups excluding carboxylic acids is 1. The second kappa shape index (κ2) is 8.75. The molecular formula is C17H27NO2. The summed E-state index contributed by atoms with van der Waals surface area (Å²) in [6, 6.07) is 8.59. The Balaban J connectivity index is 2.17. The van der Waals surface area contributed by atoms with E-state index in [2.05, 4.69) is 36.5 Å². The third-order valence-corrected chi connectivity index (χ3v) is 3.77. The molecule has 112 valence electrons. The lowest BCUT2D eigenvalue weighted by Crippen LogP contribution is -2.38. The van der Waals surface area contributed by atoms with Gasteiger partial charge in [-0.15, -0.1) is 0 Å². The number of aliphatic hydroxyl groups excluding tert-OH is 1. The van der Waals surface area contributed by atoms with Gasteiger partial charge in [-0.25, -0.2) is 0 Å². The zero-order chi connectivity index (χ0) is 15.0. The second-order valence-corrected chi connectivity index (χ2v) is 5.71. The molecule has 0 bridgehead atoms. The molecule has 1 rings (SSSR count).